The minimum atomic E-state index is 0.520. The molecule has 1 aromatic heterocycles. The lowest BCUT2D eigenvalue weighted by Gasteiger charge is -2.10. The number of hydrogen-bond acceptors (Lipinski definition) is 2. The lowest BCUT2D eigenvalue weighted by atomic mass is 10.1. The lowest BCUT2D eigenvalue weighted by molar-refractivity contribution is 1.01. The smallest absolute Gasteiger partial charge is 0.204 e. The van der Waals surface area contributed by atoms with E-state index in [0.29, 0.717) is 5.95 Å². The van der Waals surface area contributed by atoms with Crippen LogP contribution in [-0.2, 0) is 6.42 Å². The summed E-state index contributed by atoms with van der Waals surface area (Å²) in [6.45, 7) is 2.12. The van der Waals surface area contributed by atoms with Crippen molar-refractivity contribution in [3.05, 3.63) is 40.6 Å². The predicted octanol–water partition coefficient (Wildman–Crippen LogP) is 2.78. The molecule has 0 saturated carbocycles. The van der Waals surface area contributed by atoms with Gasteiger partial charge in [-0.15, -0.1) is 0 Å². The van der Waals surface area contributed by atoms with Crippen LogP contribution in [0, 0.1) is 0 Å². The van der Waals surface area contributed by atoms with Crippen LogP contribution in [-0.4, -0.2) is 9.55 Å². The Morgan fingerprint density at radius 3 is 2.87 bits per heavy atom. The number of aromatic nitrogens is 2. The molecule has 0 fully saturated rings. The second-order valence-electron chi connectivity index (χ2n) is 3.28. The fraction of sp³-hybridized carbons (Fsp3) is 0.182. The maximum Gasteiger partial charge on any atom is 0.204 e. The summed E-state index contributed by atoms with van der Waals surface area (Å²) in [7, 11) is 0. The molecule has 0 saturated heterocycles. The first-order valence-electron chi connectivity index (χ1n) is 4.80. The Morgan fingerprint density at radius 1 is 1.47 bits per heavy atom. The summed E-state index contributed by atoms with van der Waals surface area (Å²) >= 11 is 3.46. The van der Waals surface area contributed by atoms with E-state index in [1.54, 1.807) is 6.20 Å². The van der Waals surface area contributed by atoms with Crippen LogP contribution >= 0.6 is 15.9 Å². The molecule has 0 radical (unpaired) electrons. The van der Waals surface area contributed by atoms with E-state index in [1.807, 2.05) is 22.9 Å². The Bertz CT molecular complexity index is 476. The average Bonchev–Trinajstić information content (AvgIpc) is 2.64. The van der Waals surface area contributed by atoms with Gasteiger partial charge in [0.05, 0.1) is 5.69 Å². The van der Waals surface area contributed by atoms with E-state index in [4.69, 9.17) is 5.73 Å². The van der Waals surface area contributed by atoms with E-state index in [0.717, 1.165) is 16.6 Å². The van der Waals surface area contributed by atoms with Gasteiger partial charge in [-0.25, -0.2) is 4.98 Å². The fourth-order valence-corrected chi connectivity index (χ4v) is 2.00. The van der Waals surface area contributed by atoms with E-state index in [9.17, 15) is 0 Å². The zero-order valence-corrected chi connectivity index (χ0v) is 10.0. The Morgan fingerprint density at radius 2 is 2.27 bits per heavy atom. The van der Waals surface area contributed by atoms with Gasteiger partial charge in [0.25, 0.3) is 0 Å². The minimum absolute atomic E-state index is 0.520. The summed E-state index contributed by atoms with van der Waals surface area (Å²) in [6.07, 6.45) is 4.54. The molecule has 3 nitrogen and oxygen atoms in total. The number of hydrogen-bond donors (Lipinski definition) is 1. The molecule has 1 aromatic carbocycles. The number of nitrogen functional groups attached to an aromatic ring is 1. The maximum atomic E-state index is 5.77. The second kappa shape index (κ2) is 4.06. The van der Waals surface area contributed by atoms with E-state index < -0.39 is 0 Å². The number of imidazole rings is 1. The predicted molar refractivity (Wildman–Crippen MR) is 65.1 cm³/mol. The van der Waals surface area contributed by atoms with Crippen molar-refractivity contribution >= 4 is 21.9 Å². The van der Waals surface area contributed by atoms with Gasteiger partial charge in [0, 0.05) is 16.9 Å². The van der Waals surface area contributed by atoms with Crippen molar-refractivity contribution in [1.29, 1.82) is 0 Å². The zero-order chi connectivity index (χ0) is 10.8. The Hall–Kier alpha value is -1.29. The molecule has 0 amide bonds. The first kappa shape index (κ1) is 10.2. The van der Waals surface area contributed by atoms with Gasteiger partial charge in [-0.2, -0.15) is 0 Å². The molecule has 2 N–H and O–H groups in total. The number of halogens is 1. The topological polar surface area (TPSA) is 43.8 Å². The fourth-order valence-electron chi connectivity index (χ4n) is 1.59. The Labute approximate surface area is 97.1 Å². The average molecular weight is 266 g/mol. The maximum absolute atomic E-state index is 5.77. The van der Waals surface area contributed by atoms with E-state index in [1.165, 1.54) is 5.56 Å². The molecule has 0 aliphatic rings. The molecule has 2 rings (SSSR count). The molecule has 4 heteroatoms. The van der Waals surface area contributed by atoms with Crippen LogP contribution in [0.1, 0.15) is 12.5 Å². The van der Waals surface area contributed by atoms with E-state index in [2.05, 4.69) is 33.9 Å². The van der Waals surface area contributed by atoms with E-state index >= 15 is 0 Å². The minimum Gasteiger partial charge on any atom is -0.369 e. The van der Waals surface area contributed by atoms with Crippen LogP contribution in [0.3, 0.4) is 0 Å². The van der Waals surface area contributed by atoms with Crippen molar-refractivity contribution in [2.45, 2.75) is 13.3 Å². The molecular formula is C11H12BrN3. The normalized spacial score (nSPS) is 10.5. The molecule has 15 heavy (non-hydrogen) atoms. The van der Waals surface area contributed by atoms with Gasteiger partial charge in [-0.1, -0.05) is 22.9 Å². The van der Waals surface area contributed by atoms with Gasteiger partial charge in [0.15, 0.2) is 0 Å². The van der Waals surface area contributed by atoms with Crippen molar-refractivity contribution in [3.8, 4) is 5.69 Å². The number of nitrogens with two attached hydrogens (primary N) is 1. The third kappa shape index (κ3) is 1.90. The highest BCUT2D eigenvalue weighted by atomic mass is 79.9. The van der Waals surface area contributed by atoms with Crippen molar-refractivity contribution in [2.75, 3.05) is 5.73 Å². The first-order valence-corrected chi connectivity index (χ1v) is 5.59. The molecule has 0 aliphatic heterocycles. The van der Waals surface area contributed by atoms with Crippen molar-refractivity contribution < 1.29 is 0 Å². The van der Waals surface area contributed by atoms with Gasteiger partial charge < -0.3 is 5.73 Å². The molecule has 1 heterocycles. The molecule has 0 spiro atoms. The Balaban J connectivity index is 2.58. The van der Waals surface area contributed by atoms with Crippen molar-refractivity contribution in [2.24, 2.45) is 0 Å². The van der Waals surface area contributed by atoms with Crippen LogP contribution in [0.4, 0.5) is 5.95 Å². The van der Waals surface area contributed by atoms with Crippen LogP contribution < -0.4 is 5.73 Å². The molecule has 0 aliphatic carbocycles. The summed E-state index contributed by atoms with van der Waals surface area (Å²) in [5.74, 6) is 0.520. The lowest BCUT2D eigenvalue weighted by Crippen LogP contribution is -2.02. The van der Waals surface area contributed by atoms with Crippen LogP contribution in [0.25, 0.3) is 5.69 Å². The highest BCUT2D eigenvalue weighted by Gasteiger charge is 2.06. The first-order chi connectivity index (χ1) is 7.22. The summed E-state index contributed by atoms with van der Waals surface area (Å²) < 4.78 is 2.98. The molecule has 2 aromatic rings. The zero-order valence-electron chi connectivity index (χ0n) is 8.44. The van der Waals surface area contributed by atoms with Gasteiger partial charge in [0.2, 0.25) is 5.95 Å². The second-order valence-corrected chi connectivity index (χ2v) is 4.20. The quantitative estimate of drug-likeness (QED) is 0.908. The number of anilines is 1. The van der Waals surface area contributed by atoms with Gasteiger partial charge in [-0.3, -0.25) is 4.57 Å². The SMILES string of the molecule is CCc1cc(Br)ccc1-n1ccnc1N. The monoisotopic (exact) mass is 265 g/mol. The van der Waals surface area contributed by atoms with Gasteiger partial charge in [0.1, 0.15) is 0 Å². The summed E-state index contributed by atoms with van der Waals surface area (Å²) in [4.78, 5) is 4.02. The molecule has 78 valence electrons. The number of aryl methyl sites for hydroxylation is 1. The number of benzene rings is 1. The summed E-state index contributed by atoms with van der Waals surface area (Å²) in [5.41, 5.74) is 8.11. The number of rotatable bonds is 2. The Kier molecular flexibility index (Phi) is 2.77. The molecular weight excluding hydrogens is 254 g/mol. The van der Waals surface area contributed by atoms with Gasteiger partial charge in [-0.05, 0) is 30.2 Å². The van der Waals surface area contributed by atoms with Gasteiger partial charge >= 0.3 is 0 Å². The third-order valence-electron chi connectivity index (χ3n) is 2.35. The summed E-state index contributed by atoms with van der Waals surface area (Å²) in [6, 6.07) is 6.16. The van der Waals surface area contributed by atoms with Crippen LogP contribution in [0.2, 0.25) is 0 Å². The van der Waals surface area contributed by atoms with Crippen molar-refractivity contribution in [1.82, 2.24) is 9.55 Å². The molecule has 0 unspecified atom stereocenters. The van der Waals surface area contributed by atoms with Crippen LogP contribution in [0.5, 0.6) is 0 Å². The van der Waals surface area contributed by atoms with E-state index in [-0.39, 0.29) is 0 Å². The molecule has 0 atom stereocenters. The standard InChI is InChI=1S/C11H12BrN3/c1-2-8-7-9(12)3-4-10(8)15-6-5-14-11(15)13/h3-7H,2H2,1H3,(H2,13,14). The highest BCUT2D eigenvalue weighted by molar-refractivity contribution is 9.10. The van der Waals surface area contributed by atoms with Crippen LogP contribution in [0.15, 0.2) is 35.1 Å². The van der Waals surface area contributed by atoms with Crippen molar-refractivity contribution in [3.63, 3.8) is 0 Å². The summed E-state index contributed by atoms with van der Waals surface area (Å²) in [5, 5.41) is 0. The third-order valence-corrected chi connectivity index (χ3v) is 2.84. The largest absolute Gasteiger partial charge is 0.369 e. The number of nitrogens with zero attached hydrogens (tertiary/aromatic N) is 2. The molecule has 0 bridgehead atoms. The highest BCUT2D eigenvalue weighted by Crippen LogP contribution is 2.22.